The average molecular weight is 395 g/mol. The highest BCUT2D eigenvalue weighted by Crippen LogP contribution is 2.18. The zero-order chi connectivity index (χ0) is 20.9. The second-order valence-electron chi connectivity index (χ2n) is 6.45. The molecule has 0 unspecified atom stereocenters. The van der Waals surface area contributed by atoms with E-state index in [4.69, 9.17) is 4.74 Å². The standard InChI is InChI=1S/C23H30N4O2/c1-4-15-29-21-12-7-6-10-20(21)17-27-23(24-5-2)26-14-13-25-22(28)19-11-8-9-18(3)16-19/h4,6-12,16H,1,5,13-15,17H2,2-3H3,(H,25,28)(H2,24,26,27). The van der Waals surface area contributed by atoms with E-state index in [0.717, 1.165) is 23.4 Å². The average Bonchev–Trinajstić information content (AvgIpc) is 2.73. The van der Waals surface area contributed by atoms with Crippen LogP contribution < -0.4 is 20.7 Å². The van der Waals surface area contributed by atoms with Crippen molar-refractivity contribution < 1.29 is 9.53 Å². The lowest BCUT2D eigenvalue weighted by molar-refractivity contribution is 0.0954. The molecule has 0 aliphatic rings. The fraction of sp³-hybridized carbons (Fsp3) is 0.304. The second-order valence-corrected chi connectivity index (χ2v) is 6.45. The Morgan fingerprint density at radius 3 is 2.66 bits per heavy atom. The maximum atomic E-state index is 12.2. The monoisotopic (exact) mass is 394 g/mol. The smallest absolute Gasteiger partial charge is 0.251 e. The van der Waals surface area contributed by atoms with Crippen molar-refractivity contribution in [3.8, 4) is 5.75 Å². The minimum absolute atomic E-state index is 0.0780. The number of carbonyl (C=O) groups is 1. The van der Waals surface area contributed by atoms with E-state index >= 15 is 0 Å². The number of amides is 1. The number of nitrogens with one attached hydrogen (secondary N) is 3. The van der Waals surface area contributed by atoms with Crippen LogP contribution in [0.25, 0.3) is 0 Å². The molecule has 0 heterocycles. The molecule has 0 bridgehead atoms. The molecule has 0 aliphatic heterocycles. The molecule has 2 rings (SSSR count). The largest absolute Gasteiger partial charge is 0.489 e. The van der Waals surface area contributed by atoms with Crippen molar-refractivity contribution in [3.05, 3.63) is 77.9 Å². The van der Waals surface area contributed by atoms with Crippen LogP contribution >= 0.6 is 0 Å². The van der Waals surface area contributed by atoms with E-state index in [0.29, 0.717) is 37.8 Å². The van der Waals surface area contributed by atoms with Gasteiger partial charge in [-0.1, -0.05) is 48.6 Å². The first-order chi connectivity index (χ1) is 14.1. The zero-order valence-electron chi connectivity index (χ0n) is 17.2. The Hall–Kier alpha value is -3.28. The van der Waals surface area contributed by atoms with Crippen LogP contribution in [-0.2, 0) is 6.54 Å². The molecule has 3 N–H and O–H groups in total. The van der Waals surface area contributed by atoms with Crippen LogP contribution in [-0.4, -0.2) is 38.1 Å². The van der Waals surface area contributed by atoms with Crippen molar-refractivity contribution in [1.82, 2.24) is 16.0 Å². The quantitative estimate of drug-likeness (QED) is 0.251. The first-order valence-electron chi connectivity index (χ1n) is 9.82. The number of para-hydroxylation sites is 1. The van der Waals surface area contributed by atoms with Crippen LogP contribution in [0.15, 0.2) is 66.2 Å². The van der Waals surface area contributed by atoms with Crippen molar-refractivity contribution in [2.75, 3.05) is 26.2 Å². The summed E-state index contributed by atoms with van der Waals surface area (Å²) in [5.74, 6) is 1.42. The van der Waals surface area contributed by atoms with E-state index in [2.05, 4.69) is 27.5 Å². The van der Waals surface area contributed by atoms with Gasteiger partial charge in [0.1, 0.15) is 12.4 Å². The van der Waals surface area contributed by atoms with Gasteiger partial charge >= 0.3 is 0 Å². The van der Waals surface area contributed by atoms with Crippen LogP contribution in [0.2, 0.25) is 0 Å². The molecule has 2 aromatic carbocycles. The van der Waals surface area contributed by atoms with E-state index in [1.807, 2.05) is 62.4 Å². The van der Waals surface area contributed by atoms with Crippen LogP contribution in [0, 0.1) is 6.92 Å². The topological polar surface area (TPSA) is 74.8 Å². The summed E-state index contributed by atoms with van der Waals surface area (Å²) >= 11 is 0. The number of aryl methyl sites for hydroxylation is 1. The summed E-state index contributed by atoms with van der Waals surface area (Å²) in [6.45, 7) is 10.4. The third-order valence-electron chi connectivity index (χ3n) is 4.06. The van der Waals surface area contributed by atoms with E-state index in [1.54, 1.807) is 6.08 Å². The molecule has 1 amide bonds. The lowest BCUT2D eigenvalue weighted by Gasteiger charge is -2.13. The van der Waals surface area contributed by atoms with Gasteiger partial charge in [0, 0.05) is 30.8 Å². The highest BCUT2D eigenvalue weighted by molar-refractivity contribution is 5.94. The molecular weight excluding hydrogens is 364 g/mol. The molecule has 0 atom stereocenters. The minimum Gasteiger partial charge on any atom is -0.489 e. The number of hydrogen-bond donors (Lipinski definition) is 3. The molecule has 0 aromatic heterocycles. The van der Waals surface area contributed by atoms with Gasteiger partial charge in [0.05, 0.1) is 6.54 Å². The predicted octanol–water partition coefficient (Wildman–Crippen LogP) is 3.04. The number of hydrogen-bond acceptors (Lipinski definition) is 3. The third-order valence-corrected chi connectivity index (χ3v) is 4.06. The Balaban J connectivity index is 1.86. The van der Waals surface area contributed by atoms with Crippen molar-refractivity contribution >= 4 is 11.9 Å². The summed E-state index contributed by atoms with van der Waals surface area (Å²) in [6, 6.07) is 15.4. The molecule has 0 aliphatic carbocycles. The number of guanidine groups is 1. The molecule has 6 heteroatoms. The molecular formula is C23H30N4O2. The molecule has 0 saturated heterocycles. The summed E-state index contributed by atoms with van der Waals surface area (Å²) < 4.78 is 5.68. The van der Waals surface area contributed by atoms with Crippen LogP contribution in [0.5, 0.6) is 5.75 Å². The fourth-order valence-electron chi connectivity index (χ4n) is 2.68. The van der Waals surface area contributed by atoms with Gasteiger partial charge in [-0.25, -0.2) is 4.99 Å². The number of nitrogens with zero attached hydrogens (tertiary/aromatic N) is 1. The molecule has 0 fully saturated rings. The first kappa shape index (κ1) is 22.0. The number of ether oxygens (including phenoxy) is 1. The molecule has 29 heavy (non-hydrogen) atoms. The van der Waals surface area contributed by atoms with E-state index in [9.17, 15) is 4.79 Å². The van der Waals surface area contributed by atoms with Gasteiger partial charge in [-0.15, -0.1) is 0 Å². The Bertz CT molecular complexity index is 833. The normalized spacial score (nSPS) is 10.9. The second kappa shape index (κ2) is 12.2. The first-order valence-corrected chi connectivity index (χ1v) is 9.82. The van der Waals surface area contributed by atoms with Gasteiger partial charge < -0.3 is 20.7 Å². The van der Waals surface area contributed by atoms with Crippen LogP contribution in [0.4, 0.5) is 0 Å². The zero-order valence-corrected chi connectivity index (χ0v) is 17.2. The van der Waals surface area contributed by atoms with Crippen molar-refractivity contribution in [3.63, 3.8) is 0 Å². The van der Waals surface area contributed by atoms with Crippen LogP contribution in [0.3, 0.4) is 0 Å². The van der Waals surface area contributed by atoms with Gasteiger partial charge in [0.2, 0.25) is 0 Å². The van der Waals surface area contributed by atoms with Gasteiger partial charge in [-0.3, -0.25) is 4.79 Å². The Morgan fingerprint density at radius 2 is 1.90 bits per heavy atom. The predicted molar refractivity (Wildman–Crippen MR) is 118 cm³/mol. The maximum Gasteiger partial charge on any atom is 0.251 e. The highest BCUT2D eigenvalue weighted by atomic mass is 16.5. The summed E-state index contributed by atoms with van der Waals surface area (Å²) in [7, 11) is 0. The summed E-state index contributed by atoms with van der Waals surface area (Å²) in [4.78, 5) is 16.8. The molecule has 0 radical (unpaired) electrons. The van der Waals surface area contributed by atoms with Gasteiger partial charge in [0.25, 0.3) is 5.91 Å². The van der Waals surface area contributed by atoms with E-state index in [1.165, 1.54) is 0 Å². The Kier molecular flexibility index (Phi) is 9.29. The number of rotatable bonds is 10. The lowest BCUT2D eigenvalue weighted by atomic mass is 10.1. The number of benzene rings is 2. The SMILES string of the molecule is C=CCOc1ccccc1CN=C(NCC)NCCNC(=O)c1cccc(C)c1. The van der Waals surface area contributed by atoms with Gasteiger partial charge in [-0.2, -0.15) is 0 Å². The lowest BCUT2D eigenvalue weighted by Crippen LogP contribution is -2.41. The summed E-state index contributed by atoms with van der Waals surface area (Å²) in [5.41, 5.74) is 2.73. The van der Waals surface area contributed by atoms with Crippen molar-refractivity contribution in [2.45, 2.75) is 20.4 Å². The third kappa shape index (κ3) is 7.70. The van der Waals surface area contributed by atoms with Gasteiger partial charge in [0.15, 0.2) is 5.96 Å². The maximum absolute atomic E-state index is 12.2. The fourth-order valence-corrected chi connectivity index (χ4v) is 2.68. The van der Waals surface area contributed by atoms with Crippen molar-refractivity contribution in [2.24, 2.45) is 4.99 Å². The highest BCUT2D eigenvalue weighted by Gasteiger charge is 2.05. The Labute approximate surface area is 173 Å². The number of carbonyl (C=O) groups excluding carboxylic acids is 1. The molecule has 0 spiro atoms. The summed E-state index contributed by atoms with van der Waals surface area (Å²) in [5, 5.41) is 9.37. The number of aliphatic imine (C=N–C) groups is 1. The van der Waals surface area contributed by atoms with Crippen molar-refractivity contribution in [1.29, 1.82) is 0 Å². The van der Waals surface area contributed by atoms with E-state index < -0.39 is 0 Å². The summed E-state index contributed by atoms with van der Waals surface area (Å²) in [6.07, 6.45) is 1.72. The van der Waals surface area contributed by atoms with Gasteiger partial charge in [-0.05, 0) is 32.0 Å². The Morgan fingerprint density at radius 1 is 1.10 bits per heavy atom. The molecule has 0 saturated carbocycles. The molecule has 6 nitrogen and oxygen atoms in total. The molecule has 2 aromatic rings. The van der Waals surface area contributed by atoms with Crippen LogP contribution in [0.1, 0.15) is 28.4 Å². The molecule has 154 valence electrons. The minimum atomic E-state index is -0.0780. The van der Waals surface area contributed by atoms with E-state index in [-0.39, 0.29) is 5.91 Å².